The lowest BCUT2D eigenvalue weighted by Gasteiger charge is -2.28. The van der Waals surface area contributed by atoms with Crippen molar-refractivity contribution in [2.75, 3.05) is 62.8 Å². The molecule has 0 bridgehead atoms. The van der Waals surface area contributed by atoms with Crippen LogP contribution in [0, 0.1) is 0 Å². The van der Waals surface area contributed by atoms with Gasteiger partial charge in [-0.25, -0.2) is 4.98 Å². The second kappa shape index (κ2) is 10.7. The first-order valence-corrected chi connectivity index (χ1v) is 12.7. The van der Waals surface area contributed by atoms with Crippen LogP contribution >= 0.6 is 0 Å². The van der Waals surface area contributed by atoms with Crippen LogP contribution in [-0.4, -0.2) is 72.5 Å². The number of pyridine rings is 3. The zero-order valence-electron chi connectivity index (χ0n) is 20.7. The molecular weight excluding hydrogens is 468 g/mol. The Morgan fingerprint density at radius 3 is 2.46 bits per heavy atom. The number of hydrogen-bond donors (Lipinski definition) is 2. The summed E-state index contributed by atoms with van der Waals surface area (Å²) in [6.45, 7) is 7.43. The van der Waals surface area contributed by atoms with Crippen LogP contribution in [0.25, 0.3) is 22.0 Å². The van der Waals surface area contributed by atoms with E-state index in [0.717, 1.165) is 92.7 Å². The Bertz CT molecular complexity index is 1430. The molecule has 2 N–H and O–H groups in total. The van der Waals surface area contributed by atoms with E-state index in [1.165, 1.54) is 0 Å². The normalized spacial score (nSPS) is 16.7. The Balaban J connectivity index is 1.31. The van der Waals surface area contributed by atoms with Gasteiger partial charge < -0.3 is 24.7 Å². The summed E-state index contributed by atoms with van der Waals surface area (Å²) >= 11 is 0. The number of nitrogens with zero attached hydrogens (tertiary/aromatic N) is 4. The van der Waals surface area contributed by atoms with Crippen molar-refractivity contribution in [3.05, 3.63) is 77.0 Å². The smallest absolute Gasteiger partial charge is 0.259 e. The third kappa shape index (κ3) is 5.34. The number of aromatic nitrogens is 3. The molecule has 0 spiro atoms. The highest BCUT2D eigenvalue weighted by Gasteiger charge is 2.15. The number of H-pyrrole nitrogens is 1. The lowest BCUT2D eigenvalue weighted by Crippen LogP contribution is -2.36. The number of benzene rings is 1. The van der Waals surface area contributed by atoms with E-state index in [0.29, 0.717) is 11.2 Å². The van der Waals surface area contributed by atoms with Gasteiger partial charge in [0.15, 0.2) is 0 Å². The van der Waals surface area contributed by atoms with E-state index in [1.54, 1.807) is 6.20 Å². The molecule has 6 rings (SSSR count). The summed E-state index contributed by atoms with van der Waals surface area (Å²) in [5, 5.41) is 4.74. The number of nitrogens with one attached hydrogen (secondary N) is 2. The number of morpholine rings is 2. The molecule has 0 aliphatic carbocycles. The van der Waals surface area contributed by atoms with Crippen molar-refractivity contribution >= 4 is 28.0 Å². The molecular formula is C28H30N6O3. The molecule has 2 aliphatic heterocycles. The Labute approximate surface area is 215 Å². The quantitative estimate of drug-likeness (QED) is 0.418. The Morgan fingerprint density at radius 1 is 0.919 bits per heavy atom. The maximum absolute atomic E-state index is 12.8. The van der Waals surface area contributed by atoms with Gasteiger partial charge in [0.2, 0.25) is 0 Å². The van der Waals surface area contributed by atoms with Crippen LogP contribution in [0.1, 0.15) is 5.56 Å². The number of rotatable bonds is 6. The van der Waals surface area contributed by atoms with E-state index in [-0.39, 0.29) is 5.56 Å². The molecule has 190 valence electrons. The van der Waals surface area contributed by atoms with Crippen LogP contribution in [0.5, 0.6) is 0 Å². The fourth-order valence-electron chi connectivity index (χ4n) is 4.90. The number of fused-ring (bicyclic) bond motifs is 1. The summed E-state index contributed by atoms with van der Waals surface area (Å²) in [5.41, 5.74) is 4.65. The molecule has 9 nitrogen and oxygen atoms in total. The minimum absolute atomic E-state index is 0.178. The molecule has 37 heavy (non-hydrogen) atoms. The first kappa shape index (κ1) is 23.6. The third-order valence-corrected chi connectivity index (χ3v) is 6.86. The lowest BCUT2D eigenvalue weighted by atomic mass is 10.1. The number of ether oxygens (including phenoxy) is 2. The molecule has 5 heterocycles. The SMILES string of the molecule is O=c1[nH]ccc2cc(-c3cncc(CN4CCOCC4)c3)nc(Nc3ccc(N4CCOCC4)cc3)c12. The van der Waals surface area contributed by atoms with Gasteiger partial charge in [-0.05, 0) is 53.4 Å². The van der Waals surface area contributed by atoms with E-state index in [4.69, 9.17) is 14.5 Å². The number of aromatic amines is 1. The highest BCUT2D eigenvalue weighted by molar-refractivity contribution is 5.95. The lowest BCUT2D eigenvalue weighted by molar-refractivity contribution is 0.0341. The highest BCUT2D eigenvalue weighted by Crippen LogP contribution is 2.29. The second-order valence-electron chi connectivity index (χ2n) is 9.37. The van der Waals surface area contributed by atoms with Crippen LogP contribution in [0.3, 0.4) is 0 Å². The van der Waals surface area contributed by atoms with Gasteiger partial charge in [0, 0.05) is 68.3 Å². The van der Waals surface area contributed by atoms with E-state index < -0.39 is 0 Å². The Hall–Kier alpha value is -3.79. The second-order valence-corrected chi connectivity index (χ2v) is 9.37. The minimum atomic E-state index is -0.178. The van der Waals surface area contributed by atoms with Crippen LogP contribution in [-0.2, 0) is 16.0 Å². The van der Waals surface area contributed by atoms with E-state index in [9.17, 15) is 4.79 Å². The summed E-state index contributed by atoms with van der Waals surface area (Å²) < 4.78 is 10.9. The minimum Gasteiger partial charge on any atom is -0.379 e. The summed E-state index contributed by atoms with van der Waals surface area (Å²) in [7, 11) is 0. The molecule has 0 amide bonds. The molecule has 2 aliphatic rings. The molecule has 2 fully saturated rings. The topological polar surface area (TPSA) is 95.6 Å². The van der Waals surface area contributed by atoms with Crippen molar-refractivity contribution < 1.29 is 9.47 Å². The van der Waals surface area contributed by atoms with Crippen molar-refractivity contribution in [3.63, 3.8) is 0 Å². The van der Waals surface area contributed by atoms with Gasteiger partial charge in [-0.15, -0.1) is 0 Å². The van der Waals surface area contributed by atoms with Gasteiger partial charge in [0.25, 0.3) is 5.56 Å². The predicted molar refractivity (Wildman–Crippen MR) is 144 cm³/mol. The summed E-state index contributed by atoms with van der Waals surface area (Å²) in [6.07, 6.45) is 5.40. The molecule has 0 radical (unpaired) electrons. The average Bonchev–Trinajstić information content (AvgIpc) is 2.94. The predicted octanol–water partition coefficient (Wildman–Crippen LogP) is 3.40. The molecule has 4 aromatic rings. The molecule has 9 heteroatoms. The first-order valence-electron chi connectivity index (χ1n) is 12.7. The van der Waals surface area contributed by atoms with Crippen molar-refractivity contribution in [2.45, 2.75) is 6.54 Å². The fourth-order valence-corrected chi connectivity index (χ4v) is 4.90. The van der Waals surface area contributed by atoms with Gasteiger partial charge in [-0.2, -0.15) is 0 Å². The Morgan fingerprint density at radius 2 is 1.68 bits per heavy atom. The number of hydrogen-bond acceptors (Lipinski definition) is 8. The number of anilines is 3. The largest absolute Gasteiger partial charge is 0.379 e. The first-order chi connectivity index (χ1) is 18.2. The zero-order chi connectivity index (χ0) is 25.0. The van der Waals surface area contributed by atoms with Crippen LogP contribution in [0.15, 0.2) is 65.8 Å². The zero-order valence-corrected chi connectivity index (χ0v) is 20.7. The maximum atomic E-state index is 12.8. The van der Waals surface area contributed by atoms with E-state index in [2.05, 4.69) is 43.3 Å². The van der Waals surface area contributed by atoms with Gasteiger partial charge in [0.1, 0.15) is 5.82 Å². The van der Waals surface area contributed by atoms with Crippen molar-refractivity contribution in [2.24, 2.45) is 0 Å². The molecule has 0 unspecified atom stereocenters. The summed E-state index contributed by atoms with van der Waals surface area (Å²) in [4.78, 5) is 29.6. The van der Waals surface area contributed by atoms with Crippen LogP contribution < -0.4 is 15.8 Å². The molecule has 2 saturated heterocycles. The third-order valence-electron chi connectivity index (χ3n) is 6.86. The van der Waals surface area contributed by atoms with Crippen molar-refractivity contribution in [1.29, 1.82) is 0 Å². The van der Waals surface area contributed by atoms with Gasteiger partial charge in [-0.1, -0.05) is 0 Å². The Kier molecular flexibility index (Phi) is 6.81. The van der Waals surface area contributed by atoms with E-state index in [1.807, 2.05) is 36.7 Å². The maximum Gasteiger partial charge on any atom is 0.259 e. The average molecular weight is 499 g/mol. The van der Waals surface area contributed by atoms with Crippen molar-refractivity contribution in [1.82, 2.24) is 19.9 Å². The molecule has 1 aromatic carbocycles. The molecule has 3 aromatic heterocycles. The summed E-state index contributed by atoms with van der Waals surface area (Å²) in [5.74, 6) is 0.520. The van der Waals surface area contributed by atoms with Gasteiger partial charge in [0.05, 0.1) is 37.5 Å². The summed E-state index contributed by atoms with van der Waals surface area (Å²) in [6, 6.07) is 14.2. The van der Waals surface area contributed by atoms with Crippen LogP contribution in [0.4, 0.5) is 17.2 Å². The van der Waals surface area contributed by atoms with E-state index >= 15 is 0 Å². The van der Waals surface area contributed by atoms with Gasteiger partial charge >= 0.3 is 0 Å². The molecule has 0 saturated carbocycles. The van der Waals surface area contributed by atoms with Gasteiger partial charge in [-0.3, -0.25) is 14.7 Å². The standard InChI is InChI=1S/C28H30N6O3/c35-28-26-21(5-6-30-28)16-25(22-15-20(17-29-18-22)19-33-7-11-36-12-8-33)32-27(26)31-23-1-3-24(4-2-23)34-9-13-37-14-10-34/h1-6,15-18H,7-14,19H2,(H,30,35)(H,31,32). The highest BCUT2D eigenvalue weighted by atomic mass is 16.5. The monoisotopic (exact) mass is 498 g/mol. The fraction of sp³-hybridized carbons (Fsp3) is 0.321. The van der Waals surface area contributed by atoms with Crippen molar-refractivity contribution in [3.8, 4) is 11.3 Å². The molecule has 0 atom stereocenters. The van der Waals surface area contributed by atoms with Crippen LogP contribution in [0.2, 0.25) is 0 Å².